The molecule has 21 heavy (non-hydrogen) atoms. The predicted molar refractivity (Wildman–Crippen MR) is 79.8 cm³/mol. The normalized spacial score (nSPS) is 12.0. The van der Waals surface area contributed by atoms with Crippen LogP contribution in [0.5, 0.6) is 0 Å². The van der Waals surface area contributed by atoms with E-state index in [0.717, 1.165) is 0 Å². The fraction of sp³-hybridized carbons (Fsp3) is 0.214. The van der Waals surface area contributed by atoms with Gasteiger partial charge in [0, 0.05) is 28.8 Å². The highest BCUT2D eigenvalue weighted by molar-refractivity contribution is 7.85. The molecular weight excluding hydrogens is 292 g/mol. The number of aryl methyl sites for hydroxylation is 2. The summed E-state index contributed by atoms with van der Waals surface area (Å²) in [5.41, 5.74) is -0.141. The maximum Gasteiger partial charge on any atom is 0.286 e. The predicted octanol–water partition coefficient (Wildman–Crippen LogP) is 1.87. The van der Waals surface area contributed by atoms with Gasteiger partial charge in [0.15, 0.2) is 0 Å². The number of rotatable bonds is 5. The fourth-order valence-corrected chi connectivity index (χ4v) is 2.96. The lowest BCUT2D eigenvalue weighted by Gasteiger charge is -2.07. The standard InChI is InChI=1S/C14H14N2O4S/c1-11-9-12(16(18)19)10-15(14(11)17)7-8-21(20)13-5-3-2-4-6-13/h2-6,9-10H,7-8H2,1H3/t21-/m1/s1. The van der Waals surface area contributed by atoms with Crippen molar-refractivity contribution in [3.05, 3.63) is 68.6 Å². The van der Waals surface area contributed by atoms with Gasteiger partial charge in [-0.25, -0.2) is 0 Å². The van der Waals surface area contributed by atoms with Crippen molar-refractivity contribution in [3.8, 4) is 0 Å². The van der Waals surface area contributed by atoms with Crippen LogP contribution in [0.3, 0.4) is 0 Å². The van der Waals surface area contributed by atoms with Gasteiger partial charge in [-0.1, -0.05) is 18.2 Å². The molecule has 0 aliphatic heterocycles. The number of nitro groups is 1. The first kappa shape index (κ1) is 15.1. The maximum atomic E-state index is 12.1. The van der Waals surface area contributed by atoms with Crippen LogP contribution < -0.4 is 5.56 Å². The van der Waals surface area contributed by atoms with Gasteiger partial charge in [-0.2, -0.15) is 0 Å². The summed E-state index contributed by atoms with van der Waals surface area (Å²) < 4.78 is 13.3. The molecule has 6 nitrogen and oxygen atoms in total. The van der Waals surface area contributed by atoms with E-state index in [1.807, 2.05) is 6.07 Å². The zero-order valence-electron chi connectivity index (χ0n) is 11.4. The summed E-state index contributed by atoms with van der Waals surface area (Å²) in [6.07, 6.45) is 1.19. The number of aromatic nitrogens is 1. The van der Waals surface area contributed by atoms with Crippen LogP contribution in [0.2, 0.25) is 0 Å². The van der Waals surface area contributed by atoms with Crippen LogP contribution in [-0.2, 0) is 17.3 Å². The van der Waals surface area contributed by atoms with E-state index >= 15 is 0 Å². The van der Waals surface area contributed by atoms with Gasteiger partial charge < -0.3 is 4.57 Å². The van der Waals surface area contributed by atoms with Gasteiger partial charge in [-0.05, 0) is 19.1 Å². The van der Waals surface area contributed by atoms with E-state index < -0.39 is 15.7 Å². The van der Waals surface area contributed by atoms with Crippen LogP contribution in [-0.4, -0.2) is 19.5 Å². The smallest absolute Gasteiger partial charge is 0.286 e. The van der Waals surface area contributed by atoms with Gasteiger partial charge in [0.25, 0.3) is 11.2 Å². The Hall–Kier alpha value is -2.28. The molecule has 110 valence electrons. The molecule has 0 saturated heterocycles. The van der Waals surface area contributed by atoms with Gasteiger partial charge in [0.05, 0.1) is 21.9 Å². The van der Waals surface area contributed by atoms with Gasteiger partial charge in [0.1, 0.15) is 0 Å². The Morgan fingerprint density at radius 2 is 1.95 bits per heavy atom. The SMILES string of the molecule is Cc1cc([N+](=O)[O-])cn(CC[S@@](=O)c2ccccc2)c1=O. The van der Waals surface area contributed by atoms with Gasteiger partial charge in [-0.15, -0.1) is 0 Å². The van der Waals surface area contributed by atoms with Crippen LogP contribution >= 0.6 is 0 Å². The highest BCUT2D eigenvalue weighted by atomic mass is 32.2. The Bertz CT molecular complexity index is 740. The molecule has 0 unspecified atom stereocenters. The van der Waals surface area contributed by atoms with Crippen molar-refractivity contribution in [2.24, 2.45) is 0 Å². The molecule has 0 radical (unpaired) electrons. The molecule has 0 aliphatic rings. The van der Waals surface area contributed by atoms with Crippen molar-refractivity contribution < 1.29 is 9.13 Å². The minimum Gasteiger partial charge on any atom is -0.308 e. The first-order valence-electron chi connectivity index (χ1n) is 6.28. The molecule has 2 rings (SSSR count). The average molecular weight is 306 g/mol. The Labute approximate surface area is 123 Å². The molecule has 0 fully saturated rings. The molecule has 7 heteroatoms. The lowest BCUT2D eigenvalue weighted by atomic mass is 10.3. The molecule has 0 N–H and O–H groups in total. The third-order valence-electron chi connectivity index (χ3n) is 2.99. The Morgan fingerprint density at radius 3 is 2.57 bits per heavy atom. The number of hydrogen-bond acceptors (Lipinski definition) is 4. The third-order valence-corrected chi connectivity index (χ3v) is 4.34. The van der Waals surface area contributed by atoms with E-state index in [9.17, 15) is 19.1 Å². The van der Waals surface area contributed by atoms with Crippen molar-refractivity contribution in [2.45, 2.75) is 18.4 Å². The van der Waals surface area contributed by atoms with Crippen molar-refractivity contribution in [3.63, 3.8) is 0 Å². The molecule has 1 aromatic carbocycles. The highest BCUT2D eigenvalue weighted by Crippen LogP contribution is 2.10. The number of pyridine rings is 1. The first-order valence-corrected chi connectivity index (χ1v) is 7.60. The third kappa shape index (κ3) is 3.63. The summed E-state index contributed by atoms with van der Waals surface area (Å²) >= 11 is 0. The zero-order chi connectivity index (χ0) is 15.4. The number of benzene rings is 1. The van der Waals surface area contributed by atoms with Crippen LogP contribution in [0.15, 0.2) is 52.3 Å². The van der Waals surface area contributed by atoms with Gasteiger partial charge in [0.2, 0.25) is 0 Å². The monoisotopic (exact) mass is 306 g/mol. The molecule has 1 heterocycles. The fourth-order valence-electron chi connectivity index (χ4n) is 1.90. The van der Waals surface area contributed by atoms with E-state index in [0.29, 0.717) is 10.5 Å². The lowest BCUT2D eigenvalue weighted by Crippen LogP contribution is -2.24. The molecule has 2 aromatic rings. The van der Waals surface area contributed by atoms with Gasteiger partial charge in [-0.3, -0.25) is 19.1 Å². The number of hydrogen-bond donors (Lipinski definition) is 0. The van der Waals surface area contributed by atoms with Crippen molar-refractivity contribution in [1.29, 1.82) is 0 Å². The molecule has 0 bridgehead atoms. The van der Waals surface area contributed by atoms with E-state index in [4.69, 9.17) is 0 Å². The second kappa shape index (κ2) is 6.45. The maximum absolute atomic E-state index is 12.1. The second-order valence-electron chi connectivity index (χ2n) is 4.50. The summed E-state index contributed by atoms with van der Waals surface area (Å²) in [6, 6.07) is 10.1. The van der Waals surface area contributed by atoms with E-state index in [1.54, 1.807) is 24.3 Å². The summed E-state index contributed by atoms with van der Waals surface area (Å²) in [6.45, 7) is 1.70. The van der Waals surface area contributed by atoms with Crippen LogP contribution in [0, 0.1) is 17.0 Å². The zero-order valence-corrected chi connectivity index (χ0v) is 12.2. The molecule has 1 aromatic heterocycles. The molecule has 1 atom stereocenters. The lowest BCUT2D eigenvalue weighted by molar-refractivity contribution is -0.385. The number of nitrogens with zero attached hydrogens (tertiary/aromatic N) is 2. The van der Waals surface area contributed by atoms with Crippen LogP contribution in [0.4, 0.5) is 5.69 Å². The van der Waals surface area contributed by atoms with Gasteiger partial charge >= 0.3 is 0 Å². The average Bonchev–Trinajstić information content (AvgIpc) is 2.49. The molecule has 0 aliphatic carbocycles. The molecule has 0 saturated carbocycles. The minimum absolute atomic E-state index is 0.141. The molecular formula is C14H14N2O4S. The summed E-state index contributed by atoms with van der Waals surface area (Å²) in [7, 11) is -1.25. The Morgan fingerprint density at radius 1 is 1.29 bits per heavy atom. The quantitative estimate of drug-likeness (QED) is 0.623. The largest absolute Gasteiger partial charge is 0.308 e. The van der Waals surface area contributed by atoms with Crippen molar-refractivity contribution in [2.75, 3.05) is 5.75 Å². The molecule has 0 spiro atoms. The second-order valence-corrected chi connectivity index (χ2v) is 6.07. The summed E-state index contributed by atoms with van der Waals surface area (Å²) in [5.74, 6) is 0.227. The minimum atomic E-state index is -1.25. The van der Waals surface area contributed by atoms with E-state index in [-0.39, 0.29) is 23.5 Å². The van der Waals surface area contributed by atoms with Crippen molar-refractivity contribution in [1.82, 2.24) is 4.57 Å². The van der Waals surface area contributed by atoms with Crippen molar-refractivity contribution >= 4 is 16.5 Å². The Kier molecular flexibility index (Phi) is 4.64. The summed E-state index contributed by atoms with van der Waals surface area (Å²) in [5, 5.41) is 10.8. The van der Waals surface area contributed by atoms with E-state index in [1.165, 1.54) is 23.8 Å². The molecule has 0 amide bonds. The Balaban J connectivity index is 2.19. The first-order chi connectivity index (χ1) is 9.99. The summed E-state index contributed by atoms with van der Waals surface area (Å²) in [4.78, 5) is 22.9. The highest BCUT2D eigenvalue weighted by Gasteiger charge is 2.12. The van der Waals surface area contributed by atoms with Crippen LogP contribution in [0.1, 0.15) is 5.56 Å². The van der Waals surface area contributed by atoms with E-state index in [2.05, 4.69) is 0 Å². The topological polar surface area (TPSA) is 82.2 Å². The van der Waals surface area contributed by atoms with Crippen LogP contribution in [0.25, 0.3) is 0 Å².